The van der Waals surface area contributed by atoms with E-state index < -0.39 is 74.2 Å². The normalized spacial score (nSPS) is 21.6. The van der Waals surface area contributed by atoms with Crippen molar-refractivity contribution in [2.45, 2.75) is 281 Å². The number of allylic oxidation sites excluding steroid dienone is 2. The minimum absolute atomic E-state index is 0.255. The Bertz CT molecular complexity index is 986. The van der Waals surface area contributed by atoms with Crippen molar-refractivity contribution in [1.29, 1.82) is 0 Å². The number of carbonyl (C=O) groups excluding carboxylic acids is 1. The lowest BCUT2D eigenvalue weighted by molar-refractivity contribution is -0.303. The number of aliphatic hydroxyl groups is 7. The van der Waals surface area contributed by atoms with Gasteiger partial charge in [0, 0.05) is 0 Å². The van der Waals surface area contributed by atoms with Crippen molar-refractivity contribution >= 4 is 5.91 Å². The SMILES string of the molecule is CCCCCCCCCCCCC/C=C\CCCCCCCCC(O)C(=O)NC(COC1OC(CO)C(O)C(O)C1O)C(O)C(O)CCCCCCCCCCCCCC. The van der Waals surface area contributed by atoms with Gasteiger partial charge in [-0.2, -0.15) is 0 Å². The van der Waals surface area contributed by atoms with Crippen LogP contribution in [0.15, 0.2) is 12.2 Å². The Morgan fingerprint density at radius 2 is 0.967 bits per heavy atom. The second kappa shape index (κ2) is 39.4. The predicted molar refractivity (Wildman–Crippen MR) is 243 cm³/mol. The van der Waals surface area contributed by atoms with E-state index in [9.17, 15) is 40.5 Å². The summed E-state index contributed by atoms with van der Waals surface area (Å²) in [5, 5.41) is 75.7. The van der Waals surface area contributed by atoms with Gasteiger partial charge in [-0.3, -0.25) is 4.79 Å². The van der Waals surface area contributed by atoms with Crippen molar-refractivity contribution < 1.29 is 50.0 Å². The number of amides is 1. The van der Waals surface area contributed by atoms with Gasteiger partial charge in [0.15, 0.2) is 6.29 Å². The molecule has 9 atom stereocenters. The number of unbranched alkanes of at least 4 members (excludes halogenated alkanes) is 28. The third-order valence-electron chi connectivity index (χ3n) is 12.3. The Morgan fingerprint density at radius 1 is 0.567 bits per heavy atom. The van der Waals surface area contributed by atoms with Gasteiger partial charge in [0.1, 0.15) is 36.6 Å². The van der Waals surface area contributed by atoms with E-state index >= 15 is 0 Å². The molecule has 0 aromatic carbocycles. The van der Waals surface area contributed by atoms with E-state index in [-0.39, 0.29) is 6.42 Å². The highest BCUT2D eigenvalue weighted by molar-refractivity contribution is 5.80. The second-order valence-electron chi connectivity index (χ2n) is 17.9. The summed E-state index contributed by atoms with van der Waals surface area (Å²) in [4.78, 5) is 13.1. The highest BCUT2D eigenvalue weighted by atomic mass is 16.7. The van der Waals surface area contributed by atoms with E-state index in [4.69, 9.17) is 9.47 Å². The standard InChI is InChI=1S/C49H95NO10/c1-3-5-7-9-11-13-15-17-18-19-20-21-22-23-24-25-27-29-31-33-35-37-42(53)48(58)50-40(39-59-49-47(57)46(56)45(55)43(38-51)60-49)44(54)41(52)36-34-32-30-28-26-16-14-12-10-8-6-4-2/h22-23,40-47,49,51-57H,3-21,24-39H2,1-2H3,(H,50,58)/b23-22-. The number of rotatable bonds is 42. The first-order valence-corrected chi connectivity index (χ1v) is 25.1. The first-order valence-electron chi connectivity index (χ1n) is 25.1. The lowest BCUT2D eigenvalue weighted by Crippen LogP contribution is -2.60. The molecule has 0 aromatic heterocycles. The molecular formula is C49H95NO10. The molecule has 1 heterocycles. The van der Waals surface area contributed by atoms with Crippen molar-refractivity contribution in [2.75, 3.05) is 13.2 Å². The van der Waals surface area contributed by atoms with E-state index in [1.165, 1.54) is 135 Å². The van der Waals surface area contributed by atoms with Gasteiger partial charge in [0.25, 0.3) is 0 Å². The van der Waals surface area contributed by atoms with Crippen molar-refractivity contribution in [3.8, 4) is 0 Å². The smallest absolute Gasteiger partial charge is 0.249 e. The summed E-state index contributed by atoms with van der Waals surface area (Å²) in [5.74, 6) is -0.700. The quantitative estimate of drug-likeness (QED) is 0.0218. The Morgan fingerprint density at radius 3 is 1.40 bits per heavy atom. The highest BCUT2D eigenvalue weighted by Gasteiger charge is 2.44. The summed E-state index contributed by atoms with van der Waals surface area (Å²) in [6, 6.07) is -1.17. The summed E-state index contributed by atoms with van der Waals surface area (Å²) in [7, 11) is 0. The molecule has 1 amide bonds. The first-order chi connectivity index (χ1) is 29.2. The lowest BCUT2D eigenvalue weighted by Gasteiger charge is -2.40. The molecule has 0 saturated carbocycles. The molecule has 11 nitrogen and oxygen atoms in total. The molecule has 9 unspecified atom stereocenters. The molecule has 0 aliphatic carbocycles. The van der Waals surface area contributed by atoms with Crippen LogP contribution in [0.25, 0.3) is 0 Å². The van der Waals surface area contributed by atoms with Crippen LogP contribution in [0, 0.1) is 0 Å². The summed E-state index contributed by atoms with van der Waals surface area (Å²) < 4.78 is 11.1. The largest absolute Gasteiger partial charge is 0.394 e. The number of nitrogens with one attached hydrogen (secondary N) is 1. The zero-order valence-electron chi connectivity index (χ0n) is 38.5. The summed E-state index contributed by atoms with van der Waals surface area (Å²) in [6.07, 6.45) is 31.2. The van der Waals surface area contributed by atoms with Gasteiger partial charge >= 0.3 is 0 Å². The maximum atomic E-state index is 13.1. The van der Waals surface area contributed by atoms with Crippen molar-refractivity contribution in [3.05, 3.63) is 12.2 Å². The zero-order valence-corrected chi connectivity index (χ0v) is 38.5. The minimum Gasteiger partial charge on any atom is -0.394 e. The topological polar surface area (TPSA) is 189 Å². The van der Waals surface area contributed by atoms with Crippen molar-refractivity contribution in [3.63, 3.8) is 0 Å². The summed E-state index contributed by atoms with van der Waals surface area (Å²) in [6.45, 7) is 3.44. The third kappa shape index (κ3) is 28.5. The molecular weight excluding hydrogens is 763 g/mol. The fraction of sp³-hybridized carbons (Fsp3) is 0.939. The molecule has 1 aliphatic heterocycles. The highest BCUT2D eigenvalue weighted by Crippen LogP contribution is 2.23. The van der Waals surface area contributed by atoms with Gasteiger partial charge in [-0.1, -0.05) is 199 Å². The lowest BCUT2D eigenvalue weighted by atomic mass is 9.98. The number of hydrogen-bond donors (Lipinski definition) is 8. The average Bonchev–Trinajstić information content (AvgIpc) is 3.25. The fourth-order valence-corrected chi connectivity index (χ4v) is 8.14. The maximum Gasteiger partial charge on any atom is 0.249 e. The van der Waals surface area contributed by atoms with Crippen LogP contribution in [0.1, 0.15) is 226 Å². The molecule has 0 spiro atoms. The molecule has 1 fully saturated rings. The summed E-state index contributed by atoms with van der Waals surface area (Å²) in [5.41, 5.74) is 0. The molecule has 60 heavy (non-hydrogen) atoms. The Balaban J connectivity index is 2.37. The van der Waals surface area contributed by atoms with E-state index in [0.29, 0.717) is 19.3 Å². The van der Waals surface area contributed by atoms with Crippen LogP contribution in [0.4, 0.5) is 0 Å². The minimum atomic E-state index is -1.66. The zero-order chi connectivity index (χ0) is 44.1. The van der Waals surface area contributed by atoms with Crippen molar-refractivity contribution in [2.24, 2.45) is 0 Å². The Kier molecular flexibility index (Phi) is 37.4. The fourth-order valence-electron chi connectivity index (χ4n) is 8.14. The monoisotopic (exact) mass is 858 g/mol. The predicted octanol–water partition coefficient (Wildman–Crippen LogP) is 8.84. The van der Waals surface area contributed by atoms with E-state index in [1.807, 2.05) is 0 Å². The van der Waals surface area contributed by atoms with Gasteiger partial charge in [0.05, 0.1) is 25.4 Å². The van der Waals surface area contributed by atoms with Crippen LogP contribution in [0.3, 0.4) is 0 Å². The van der Waals surface area contributed by atoms with Crippen LogP contribution < -0.4 is 5.32 Å². The molecule has 8 N–H and O–H groups in total. The molecule has 356 valence electrons. The van der Waals surface area contributed by atoms with Crippen LogP contribution in [-0.4, -0.2) is 110 Å². The van der Waals surface area contributed by atoms with Crippen LogP contribution in [0.2, 0.25) is 0 Å². The van der Waals surface area contributed by atoms with Gasteiger partial charge < -0.3 is 50.5 Å². The van der Waals surface area contributed by atoms with Gasteiger partial charge in [-0.05, 0) is 38.5 Å². The van der Waals surface area contributed by atoms with Crippen LogP contribution >= 0.6 is 0 Å². The van der Waals surface area contributed by atoms with Crippen LogP contribution in [-0.2, 0) is 14.3 Å². The molecule has 0 aromatic rings. The molecule has 0 bridgehead atoms. The van der Waals surface area contributed by atoms with Crippen molar-refractivity contribution in [1.82, 2.24) is 5.32 Å². The number of carbonyl (C=O) groups is 1. The first kappa shape index (κ1) is 56.9. The Labute approximate surface area is 366 Å². The molecule has 1 aliphatic rings. The molecule has 1 saturated heterocycles. The van der Waals surface area contributed by atoms with E-state index in [1.54, 1.807) is 0 Å². The number of ether oxygens (including phenoxy) is 2. The average molecular weight is 858 g/mol. The van der Waals surface area contributed by atoms with Gasteiger partial charge in [-0.15, -0.1) is 0 Å². The van der Waals surface area contributed by atoms with E-state index in [0.717, 1.165) is 51.4 Å². The summed E-state index contributed by atoms with van der Waals surface area (Å²) >= 11 is 0. The van der Waals surface area contributed by atoms with E-state index in [2.05, 4.69) is 31.3 Å². The number of hydrogen-bond acceptors (Lipinski definition) is 10. The molecule has 11 heteroatoms. The molecule has 0 radical (unpaired) electrons. The van der Waals surface area contributed by atoms with Gasteiger partial charge in [0.2, 0.25) is 5.91 Å². The second-order valence-corrected chi connectivity index (χ2v) is 17.9. The maximum absolute atomic E-state index is 13.1. The Hall–Kier alpha value is -1.15. The molecule has 1 rings (SSSR count). The van der Waals surface area contributed by atoms with Crippen LogP contribution in [0.5, 0.6) is 0 Å². The number of aliphatic hydroxyl groups excluding tert-OH is 7. The van der Waals surface area contributed by atoms with Gasteiger partial charge in [-0.25, -0.2) is 0 Å². The third-order valence-corrected chi connectivity index (χ3v) is 12.3.